The molecule has 0 saturated heterocycles. The van der Waals surface area contributed by atoms with Crippen molar-refractivity contribution >= 4 is 11.4 Å². The van der Waals surface area contributed by atoms with Crippen molar-refractivity contribution in [1.82, 2.24) is 4.70 Å². The number of hydrogen-bond donors (Lipinski definition) is 0. The molecular weight excluding hydrogens is 514 g/mol. The van der Waals surface area contributed by atoms with Crippen molar-refractivity contribution in [1.29, 1.82) is 0 Å². The molecular formula is C38H46N3O+3. The lowest BCUT2D eigenvalue weighted by molar-refractivity contribution is -1.02. The zero-order valence-corrected chi connectivity index (χ0v) is 27.5. The Hall–Kier alpha value is -3.50. The van der Waals surface area contributed by atoms with Crippen molar-refractivity contribution in [2.45, 2.75) is 105 Å². The zero-order chi connectivity index (χ0) is 30.4. The first-order valence-corrected chi connectivity index (χ1v) is 15.4. The molecule has 216 valence electrons. The molecule has 4 aromatic rings. The Bertz CT molecular complexity index is 1700. The minimum Gasteiger partial charge on any atom is -0.444 e. The Kier molecular flexibility index (Phi) is 5.15. The van der Waals surface area contributed by atoms with Crippen LogP contribution in [0.5, 0.6) is 11.5 Å². The van der Waals surface area contributed by atoms with E-state index in [-0.39, 0.29) is 21.7 Å². The fourth-order valence-corrected chi connectivity index (χ4v) is 6.86. The highest BCUT2D eigenvalue weighted by molar-refractivity contribution is 5.93. The molecule has 3 aliphatic rings. The summed E-state index contributed by atoms with van der Waals surface area (Å²) in [6.07, 6.45) is 4.62. The van der Waals surface area contributed by atoms with E-state index in [4.69, 9.17) is 4.74 Å². The van der Waals surface area contributed by atoms with Crippen molar-refractivity contribution in [2.75, 3.05) is 0 Å². The van der Waals surface area contributed by atoms with Crippen LogP contribution >= 0.6 is 0 Å². The summed E-state index contributed by atoms with van der Waals surface area (Å²) >= 11 is 0. The standard InChI is InChI=1S/C38H46N3O/c1-35(2,3)23-13-15-39-29(19-23)27-17-25(37(7,8)9)21-31-33(27)41(39)34-28(18-26(38(10,11)12)22-32(34)42-31)30-20-24(36(4,5)6)14-16-40(30)41/h13-22H,1-12H3/q+3. The highest BCUT2D eigenvalue weighted by Gasteiger charge is 2.73. The van der Waals surface area contributed by atoms with Gasteiger partial charge in [0.1, 0.15) is 11.1 Å². The van der Waals surface area contributed by atoms with Crippen molar-refractivity contribution in [3.8, 4) is 34.0 Å². The Morgan fingerprint density at radius 1 is 0.476 bits per heavy atom. The summed E-state index contributed by atoms with van der Waals surface area (Å²) in [5.41, 5.74) is 12.6. The molecule has 7 rings (SSSR count). The number of hydrogen-bond acceptors (Lipinski definition) is 1. The minimum atomic E-state index is -0.0227. The van der Waals surface area contributed by atoms with Crippen molar-refractivity contribution in [2.24, 2.45) is 0 Å². The SMILES string of the molecule is CC(C)(C)c1cc2c3c(c1)-c1cc(C(C)(C)C)cc[n+]1[N+]31c3c(cc(C(C)(C)C)cc3-c3cc(C(C)(C)C)cc[n+]31)O2. The predicted octanol–water partition coefficient (Wildman–Crippen LogP) is 9.08. The summed E-state index contributed by atoms with van der Waals surface area (Å²) in [7, 11) is 0. The fraction of sp³-hybridized carbons (Fsp3) is 0.421. The van der Waals surface area contributed by atoms with Crippen LogP contribution in [0.4, 0.5) is 11.4 Å². The van der Waals surface area contributed by atoms with Gasteiger partial charge in [-0.05, 0) is 68.2 Å². The van der Waals surface area contributed by atoms with Gasteiger partial charge >= 0.3 is 11.4 Å². The molecule has 3 aliphatic heterocycles. The zero-order valence-electron chi connectivity index (χ0n) is 27.5. The number of quaternary nitrogens is 1. The molecule has 0 bridgehead atoms. The monoisotopic (exact) mass is 560 g/mol. The molecule has 0 N–H and O–H groups in total. The largest absolute Gasteiger partial charge is 0.444 e. The fourth-order valence-electron chi connectivity index (χ4n) is 6.86. The van der Waals surface area contributed by atoms with Gasteiger partial charge < -0.3 is 4.74 Å². The van der Waals surface area contributed by atoms with E-state index < -0.39 is 0 Å². The Labute approximate surface area is 251 Å². The van der Waals surface area contributed by atoms with Gasteiger partial charge in [-0.3, -0.25) is 0 Å². The van der Waals surface area contributed by atoms with Gasteiger partial charge in [0.2, 0.25) is 23.9 Å². The summed E-state index contributed by atoms with van der Waals surface area (Å²) in [5.74, 6) is 1.89. The van der Waals surface area contributed by atoms with Gasteiger partial charge in [-0.15, -0.1) is 0 Å². The van der Waals surface area contributed by atoms with Crippen LogP contribution in [0.15, 0.2) is 60.9 Å². The van der Waals surface area contributed by atoms with E-state index in [1.807, 2.05) is 0 Å². The number of fused-ring (bicyclic) bond motifs is 4. The van der Waals surface area contributed by atoms with Gasteiger partial charge in [-0.2, -0.15) is 0 Å². The number of ether oxygens (including phenoxy) is 1. The summed E-state index contributed by atoms with van der Waals surface area (Å²) in [4.78, 5) is 0. The molecule has 0 atom stereocenters. The van der Waals surface area contributed by atoms with Crippen LogP contribution in [0.3, 0.4) is 0 Å². The molecule has 0 aliphatic carbocycles. The third-order valence-corrected chi connectivity index (χ3v) is 9.50. The molecule has 0 unspecified atom stereocenters. The van der Waals surface area contributed by atoms with Gasteiger partial charge in [-0.1, -0.05) is 83.1 Å². The van der Waals surface area contributed by atoms with E-state index in [0.717, 1.165) is 11.5 Å². The van der Waals surface area contributed by atoms with Crippen LogP contribution in [0.1, 0.15) is 105 Å². The average molecular weight is 561 g/mol. The van der Waals surface area contributed by atoms with Crippen LogP contribution in [-0.2, 0) is 21.7 Å². The van der Waals surface area contributed by atoms with E-state index in [9.17, 15) is 0 Å². The van der Waals surface area contributed by atoms with E-state index in [0.29, 0.717) is 4.70 Å². The summed E-state index contributed by atoms with van der Waals surface area (Å²) in [6.45, 7) is 27.5. The first-order valence-electron chi connectivity index (χ1n) is 15.4. The first-order chi connectivity index (χ1) is 19.3. The molecule has 0 saturated carbocycles. The molecule has 42 heavy (non-hydrogen) atoms. The second-order valence-electron chi connectivity index (χ2n) is 16.7. The van der Waals surface area contributed by atoms with Crippen molar-refractivity contribution in [3.05, 3.63) is 83.2 Å². The molecule has 2 aromatic carbocycles. The predicted molar refractivity (Wildman–Crippen MR) is 171 cm³/mol. The van der Waals surface area contributed by atoms with Gasteiger partial charge in [0, 0.05) is 24.3 Å². The number of rotatable bonds is 0. The minimum absolute atomic E-state index is 0.0227. The molecule has 4 nitrogen and oxygen atoms in total. The molecule has 5 heterocycles. The molecule has 2 aromatic heterocycles. The molecule has 0 fully saturated rings. The van der Waals surface area contributed by atoms with Gasteiger partial charge in [0.15, 0.2) is 4.70 Å². The van der Waals surface area contributed by atoms with E-state index in [1.165, 1.54) is 56.1 Å². The van der Waals surface area contributed by atoms with E-state index in [1.54, 1.807) is 0 Å². The number of nitrogens with zero attached hydrogens (tertiary/aromatic N) is 3. The Morgan fingerprint density at radius 3 is 1.17 bits per heavy atom. The molecule has 1 spiro atoms. The number of aromatic nitrogens is 2. The average Bonchev–Trinajstić information content (AvgIpc) is 3.33. The maximum atomic E-state index is 7.04. The van der Waals surface area contributed by atoms with Crippen molar-refractivity contribution in [3.63, 3.8) is 0 Å². The maximum absolute atomic E-state index is 7.04. The third kappa shape index (κ3) is 3.51. The normalized spacial score (nSPS) is 16.0. The molecule has 4 heteroatoms. The van der Waals surface area contributed by atoms with Crippen LogP contribution in [-0.4, -0.2) is 0 Å². The van der Waals surface area contributed by atoms with Crippen LogP contribution in [0, 0.1) is 0 Å². The van der Waals surface area contributed by atoms with Crippen LogP contribution in [0.2, 0.25) is 0 Å². The molecule has 0 radical (unpaired) electrons. The Balaban J connectivity index is 1.68. The van der Waals surface area contributed by atoms with E-state index in [2.05, 4.69) is 153 Å². The lowest BCUT2D eigenvalue weighted by Gasteiger charge is -2.27. The van der Waals surface area contributed by atoms with E-state index >= 15 is 0 Å². The van der Waals surface area contributed by atoms with Gasteiger partial charge in [-0.25, -0.2) is 0 Å². The van der Waals surface area contributed by atoms with Crippen LogP contribution in [0.25, 0.3) is 22.5 Å². The van der Waals surface area contributed by atoms with Gasteiger partial charge in [0.25, 0.3) is 11.4 Å². The maximum Gasteiger partial charge on any atom is 0.318 e. The number of pyridine rings is 2. The highest BCUT2D eigenvalue weighted by atomic mass is 16.5. The topological polar surface area (TPSA) is 17.0 Å². The quantitative estimate of drug-likeness (QED) is 0.134. The highest BCUT2D eigenvalue weighted by Crippen LogP contribution is 2.62. The first kappa shape index (κ1) is 27.3. The summed E-state index contributed by atoms with van der Waals surface area (Å²) in [5, 5.41) is 0. The lowest BCUT2D eigenvalue weighted by Crippen LogP contribution is -2.81. The summed E-state index contributed by atoms with van der Waals surface area (Å²) < 4.78 is 12.4. The second kappa shape index (κ2) is 7.90. The van der Waals surface area contributed by atoms with Crippen molar-refractivity contribution < 1.29 is 14.1 Å². The smallest absolute Gasteiger partial charge is 0.318 e. The third-order valence-electron chi connectivity index (χ3n) is 9.50. The number of benzene rings is 2. The van der Waals surface area contributed by atoms with Crippen LogP contribution < -0.4 is 18.8 Å². The summed E-state index contributed by atoms with van der Waals surface area (Å²) in [6, 6.07) is 18.9. The Morgan fingerprint density at radius 2 is 0.833 bits per heavy atom. The molecule has 0 amide bonds. The second-order valence-corrected chi connectivity index (χ2v) is 16.7. The lowest BCUT2D eigenvalue weighted by atomic mass is 9.83. The van der Waals surface area contributed by atoms with Gasteiger partial charge in [0.05, 0.1) is 9.35 Å².